The lowest BCUT2D eigenvalue weighted by Gasteiger charge is -2.19. The molecule has 2 nitrogen and oxygen atoms in total. The van der Waals surface area contributed by atoms with E-state index in [9.17, 15) is 0 Å². The molecule has 0 radical (unpaired) electrons. The lowest BCUT2D eigenvalue weighted by molar-refractivity contribution is 0.290. The Morgan fingerprint density at radius 1 is 0.941 bits per heavy atom. The van der Waals surface area contributed by atoms with Gasteiger partial charge >= 0.3 is 0 Å². The van der Waals surface area contributed by atoms with Crippen LogP contribution in [0, 0.1) is 5.92 Å². The maximum absolute atomic E-state index is 3.63. The van der Waals surface area contributed by atoms with E-state index in [1.807, 2.05) is 0 Å². The van der Waals surface area contributed by atoms with Gasteiger partial charge in [-0.05, 0) is 64.7 Å². The molecule has 0 fully saturated rings. The van der Waals surface area contributed by atoms with Crippen molar-refractivity contribution in [1.29, 1.82) is 0 Å². The van der Waals surface area contributed by atoms with Crippen LogP contribution < -0.4 is 5.32 Å². The second-order valence-corrected chi connectivity index (χ2v) is 5.56. The van der Waals surface area contributed by atoms with Gasteiger partial charge < -0.3 is 10.2 Å². The molecule has 0 aromatic carbocycles. The average Bonchev–Trinajstić information content (AvgIpc) is 2.30. The van der Waals surface area contributed by atoms with Gasteiger partial charge in [-0.15, -0.1) is 0 Å². The number of hydrogen-bond acceptors (Lipinski definition) is 2. The lowest BCUT2D eigenvalue weighted by atomic mass is 10.1. The standard InChI is InChI=1S/C15H34N2/c1-6-17(7-2)13-9-11-15(5)16-12-8-10-14(3)4/h14-16H,6-13H2,1-5H3. The number of rotatable bonds is 11. The molecule has 1 N–H and O–H groups in total. The number of hydrogen-bond donors (Lipinski definition) is 1. The van der Waals surface area contributed by atoms with Crippen molar-refractivity contribution in [3.8, 4) is 0 Å². The SMILES string of the molecule is CCN(CC)CCCC(C)NCCCC(C)C. The molecule has 104 valence electrons. The van der Waals surface area contributed by atoms with Crippen molar-refractivity contribution in [3.63, 3.8) is 0 Å². The van der Waals surface area contributed by atoms with Crippen molar-refractivity contribution in [1.82, 2.24) is 10.2 Å². The first-order valence-electron chi connectivity index (χ1n) is 7.55. The maximum atomic E-state index is 3.63. The second kappa shape index (κ2) is 11.0. The fourth-order valence-corrected chi connectivity index (χ4v) is 2.12. The summed E-state index contributed by atoms with van der Waals surface area (Å²) in [4.78, 5) is 2.51. The van der Waals surface area contributed by atoms with Crippen LogP contribution in [-0.2, 0) is 0 Å². The van der Waals surface area contributed by atoms with Gasteiger partial charge in [0.1, 0.15) is 0 Å². The molecule has 2 heteroatoms. The lowest BCUT2D eigenvalue weighted by Crippen LogP contribution is -2.29. The molecule has 0 saturated carbocycles. The molecule has 0 spiro atoms. The minimum absolute atomic E-state index is 0.678. The minimum Gasteiger partial charge on any atom is -0.314 e. The van der Waals surface area contributed by atoms with Gasteiger partial charge in [-0.25, -0.2) is 0 Å². The van der Waals surface area contributed by atoms with Gasteiger partial charge in [0.15, 0.2) is 0 Å². The highest BCUT2D eigenvalue weighted by Crippen LogP contribution is 2.03. The molecule has 0 amide bonds. The molecule has 0 bridgehead atoms. The quantitative estimate of drug-likeness (QED) is 0.558. The van der Waals surface area contributed by atoms with Crippen LogP contribution in [0.5, 0.6) is 0 Å². The summed E-state index contributed by atoms with van der Waals surface area (Å²) in [5.41, 5.74) is 0. The topological polar surface area (TPSA) is 15.3 Å². The monoisotopic (exact) mass is 242 g/mol. The zero-order valence-corrected chi connectivity index (χ0v) is 12.8. The van der Waals surface area contributed by atoms with Crippen molar-refractivity contribution in [2.45, 2.75) is 66.3 Å². The van der Waals surface area contributed by atoms with E-state index in [4.69, 9.17) is 0 Å². The van der Waals surface area contributed by atoms with Crippen molar-refractivity contribution < 1.29 is 0 Å². The van der Waals surface area contributed by atoms with E-state index < -0.39 is 0 Å². The molecule has 0 rings (SSSR count). The van der Waals surface area contributed by atoms with Crippen LogP contribution in [0.4, 0.5) is 0 Å². The van der Waals surface area contributed by atoms with E-state index in [0.29, 0.717) is 6.04 Å². The van der Waals surface area contributed by atoms with E-state index in [0.717, 1.165) is 5.92 Å². The largest absolute Gasteiger partial charge is 0.314 e. The maximum Gasteiger partial charge on any atom is 0.00391 e. The Bertz CT molecular complexity index is 153. The third-order valence-corrected chi connectivity index (χ3v) is 3.46. The smallest absolute Gasteiger partial charge is 0.00391 e. The molecular formula is C15H34N2. The first-order chi connectivity index (χ1) is 8.10. The molecule has 0 aliphatic heterocycles. The molecule has 0 heterocycles. The van der Waals surface area contributed by atoms with E-state index in [2.05, 4.69) is 44.8 Å². The van der Waals surface area contributed by atoms with Gasteiger partial charge in [0.05, 0.1) is 0 Å². The predicted octanol–water partition coefficient (Wildman–Crippen LogP) is 3.52. The first kappa shape index (κ1) is 16.9. The predicted molar refractivity (Wildman–Crippen MR) is 78.6 cm³/mol. The summed E-state index contributed by atoms with van der Waals surface area (Å²) in [7, 11) is 0. The van der Waals surface area contributed by atoms with Gasteiger partial charge in [-0.1, -0.05) is 27.7 Å². The van der Waals surface area contributed by atoms with E-state index in [1.165, 1.54) is 51.9 Å². The third-order valence-electron chi connectivity index (χ3n) is 3.46. The summed E-state index contributed by atoms with van der Waals surface area (Å²) in [6, 6.07) is 0.678. The van der Waals surface area contributed by atoms with Gasteiger partial charge in [0.25, 0.3) is 0 Å². The Labute approximate surface area is 109 Å². The zero-order chi connectivity index (χ0) is 13.1. The average molecular weight is 242 g/mol. The summed E-state index contributed by atoms with van der Waals surface area (Å²) in [5.74, 6) is 0.842. The summed E-state index contributed by atoms with van der Waals surface area (Å²) in [6.45, 7) is 16.2. The van der Waals surface area contributed by atoms with Crippen LogP contribution in [-0.4, -0.2) is 37.1 Å². The van der Waals surface area contributed by atoms with Crippen molar-refractivity contribution >= 4 is 0 Å². The summed E-state index contributed by atoms with van der Waals surface area (Å²) in [5, 5.41) is 3.63. The molecule has 0 aliphatic carbocycles. The van der Waals surface area contributed by atoms with Gasteiger partial charge in [0, 0.05) is 6.04 Å². The Morgan fingerprint density at radius 2 is 1.59 bits per heavy atom. The number of nitrogens with zero attached hydrogens (tertiary/aromatic N) is 1. The molecule has 1 atom stereocenters. The fourth-order valence-electron chi connectivity index (χ4n) is 2.12. The van der Waals surface area contributed by atoms with Crippen LogP contribution >= 0.6 is 0 Å². The summed E-state index contributed by atoms with van der Waals surface area (Å²) in [6.07, 6.45) is 5.29. The van der Waals surface area contributed by atoms with Crippen LogP contribution in [0.1, 0.15) is 60.3 Å². The van der Waals surface area contributed by atoms with Crippen LogP contribution in [0.25, 0.3) is 0 Å². The Morgan fingerprint density at radius 3 is 2.12 bits per heavy atom. The van der Waals surface area contributed by atoms with Crippen LogP contribution in [0.15, 0.2) is 0 Å². The van der Waals surface area contributed by atoms with E-state index >= 15 is 0 Å². The summed E-state index contributed by atoms with van der Waals surface area (Å²) >= 11 is 0. The van der Waals surface area contributed by atoms with Crippen LogP contribution in [0.3, 0.4) is 0 Å². The van der Waals surface area contributed by atoms with Crippen molar-refractivity contribution in [3.05, 3.63) is 0 Å². The molecule has 17 heavy (non-hydrogen) atoms. The van der Waals surface area contributed by atoms with Crippen molar-refractivity contribution in [2.75, 3.05) is 26.2 Å². The van der Waals surface area contributed by atoms with E-state index in [-0.39, 0.29) is 0 Å². The molecule has 0 aromatic heterocycles. The summed E-state index contributed by atoms with van der Waals surface area (Å²) < 4.78 is 0. The fraction of sp³-hybridized carbons (Fsp3) is 1.00. The highest BCUT2D eigenvalue weighted by molar-refractivity contribution is 4.63. The normalized spacial score (nSPS) is 13.6. The highest BCUT2D eigenvalue weighted by Gasteiger charge is 2.03. The van der Waals surface area contributed by atoms with Gasteiger partial charge in [-0.3, -0.25) is 0 Å². The minimum atomic E-state index is 0.678. The van der Waals surface area contributed by atoms with E-state index in [1.54, 1.807) is 0 Å². The Hall–Kier alpha value is -0.0800. The highest BCUT2D eigenvalue weighted by atomic mass is 15.1. The molecule has 0 aliphatic rings. The number of nitrogens with one attached hydrogen (secondary N) is 1. The van der Waals surface area contributed by atoms with Gasteiger partial charge in [0.2, 0.25) is 0 Å². The molecule has 1 unspecified atom stereocenters. The van der Waals surface area contributed by atoms with Crippen LogP contribution in [0.2, 0.25) is 0 Å². The zero-order valence-electron chi connectivity index (χ0n) is 12.8. The first-order valence-corrected chi connectivity index (χ1v) is 7.55. The molecule has 0 saturated heterocycles. The molecule has 0 aromatic rings. The Kier molecular flexibility index (Phi) is 11.0. The van der Waals surface area contributed by atoms with Crippen molar-refractivity contribution in [2.24, 2.45) is 5.92 Å². The Balaban J connectivity index is 3.36. The van der Waals surface area contributed by atoms with Gasteiger partial charge in [-0.2, -0.15) is 0 Å². The molecular weight excluding hydrogens is 208 g/mol. The third kappa shape index (κ3) is 10.8. The second-order valence-electron chi connectivity index (χ2n) is 5.56.